The number of hydrogen-bond donors (Lipinski definition) is 0. The van der Waals surface area contributed by atoms with Crippen molar-refractivity contribution >= 4 is 40.8 Å². The van der Waals surface area contributed by atoms with Crippen molar-refractivity contribution in [2.75, 3.05) is 7.11 Å². The van der Waals surface area contributed by atoms with Crippen molar-refractivity contribution in [3.05, 3.63) is 20.9 Å². The van der Waals surface area contributed by atoms with E-state index in [1.807, 2.05) is 0 Å². The first-order chi connectivity index (χ1) is 6.00. The molecule has 0 unspecified atom stereocenters. The fourth-order valence-electron chi connectivity index (χ4n) is 0.910. The highest BCUT2D eigenvalue weighted by Crippen LogP contribution is 2.35. The Hall–Kier alpha value is -0.380. The number of esters is 1. The molecule has 72 valence electrons. The van der Waals surface area contributed by atoms with Crippen molar-refractivity contribution in [3.63, 3.8) is 0 Å². The highest BCUT2D eigenvalue weighted by Gasteiger charge is 2.22. The van der Waals surface area contributed by atoms with E-state index in [2.05, 4.69) is 4.74 Å². The Morgan fingerprint density at radius 2 is 1.85 bits per heavy atom. The maximum atomic E-state index is 11.2. The van der Waals surface area contributed by atoms with Crippen LogP contribution in [0.2, 0.25) is 15.2 Å². The molecule has 0 saturated carbocycles. The summed E-state index contributed by atoms with van der Waals surface area (Å²) in [6, 6.07) is 0. The number of halogens is 3. The minimum atomic E-state index is -0.568. The monoisotopic (exact) mass is 241 g/mol. The zero-order chi connectivity index (χ0) is 10.2. The van der Waals surface area contributed by atoms with Gasteiger partial charge in [0.05, 0.1) is 17.2 Å². The third-order valence-corrected chi connectivity index (χ3v) is 2.96. The van der Waals surface area contributed by atoms with Gasteiger partial charge in [0.1, 0.15) is 10.8 Å². The van der Waals surface area contributed by atoms with Gasteiger partial charge in [-0.15, -0.1) is 0 Å². The highest BCUT2D eigenvalue weighted by molar-refractivity contribution is 6.49. The Labute approximate surface area is 90.1 Å². The first-order valence-corrected chi connectivity index (χ1v) is 4.41. The zero-order valence-corrected chi connectivity index (χ0v) is 9.17. The lowest BCUT2D eigenvalue weighted by molar-refractivity contribution is 0.0590. The Balaban J connectivity index is 3.37. The van der Waals surface area contributed by atoms with Crippen molar-refractivity contribution in [3.8, 4) is 0 Å². The van der Waals surface area contributed by atoms with Gasteiger partial charge in [-0.1, -0.05) is 34.8 Å². The average Bonchev–Trinajstić information content (AvgIpc) is 2.30. The lowest BCUT2D eigenvalue weighted by Gasteiger charge is -2.01. The van der Waals surface area contributed by atoms with Gasteiger partial charge in [-0.2, -0.15) is 0 Å². The fourth-order valence-corrected chi connectivity index (χ4v) is 1.65. The number of methoxy groups -OCH3 is 1. The molecule has 0 aliphatic heterocycles. The first-order valence-electron chi connectivity index (χ1n) is 3.28. The lowest BCUT2D eigenvalue weighted by atomic mass is 10.4. The molecule has 0 amide bonds. The fraction of sp³-hybridized carbons (Fsp3) is 0.286. The summed E-state index contributed by atoms with van der Waals surface area (Å²) in [6.45, 7) is 0. The van der Waals surface area contributed by atoms with E-state index in [9.17, 15) is 4.79 Å². The largest absolute Gasteiger partial charge is 0.464 e. The SMILES string of the molecule is COC(=O)c1c(Cl)c(Cl)c(Cl)n1C. The van der Waals surface area contributed by atoms with Crippen LogP contribution >= 0.6 is 34.8 Å². The molecule has 3 nitrogen and oxygen atoms in total. The molecule has 0 spiro atoms. The van der Waals surface area contributed by atoms with Gasteiger partial charge < -0.3 is 9.30 Å². The Kier molecular flexibility index (Phi) is 3.11. The number of rotatable bonds is 1. The van der Waals surface area contributed by atoms with Crippen molar-refractivity contribution in [1.29, 1.82) is 0 Å². The molecule has 0 atom stereocenters. The van der Waals surface area contributed by atoms with Crippen molar-refractivity contribution in [1.82, 2.24) is 4.57 Å². The molecule has 0 aromatic carbocycles. The van der Waals surface area contributed by atoms with Gasteiger partial charge in [-0.3, -0.25) is 0 Å². The molecule has 0 N–H and O–H groups in total. The summed E-state index contributed by atoms with van der Waals surface area (Å²) in [5.74, 6) is -0.568. The maximum absolute atomic E-state index is 11.2. The van der Waals surface area contributed by atoms with Crippen LogP contribution in [0.3, 0.4) is 0 Å². The first kappa shape index (κ1) is 10.7. The molecule has 0 radical (unpaired) electrons. The molecule has 1 rings (SSSR count). The number of carbonyl (C=O) groups is 1. The van der Waals surface area contributed by atoms with Crippen LogP contribution in [-0.2, 0) is 11.8 Å². The molecule has 0 bridgehead atoms. The number of ether oxygens (including phenoxy) is 1. The molecule has 0 fully saturated rings. The number of aromatic nitrogens is 1. The number of hydrogen-bond acceptors (Lipinski definition) is 2. The highest BCUT2D eigenvalue weighted by atomic mass is 35.5. The van der Waals surface area contributed by atoms with E-state index >= 15 is 0 Å². The van der Waals surface area contributed by atoms with Crippen molar-refractivity contribution < 1.29 is 9.53 Å². The normalized spacial score (nSPS) is 10.2. The number of nitrogens with zero attached hydrogens (tertiary/aromatic N) is 1. The topological polar surface area (TPSA) is 31.2 Å². The van der Waals surface area contributed by atoms with E-state index < -0.39 is 5.97 Å². The van der Waals surface area contributed by atoms with Gasteiger partial charge >= 0.3 is 5.97 Å². The minimum absolute atomic E-state index is 0.112. The van der Waals surface area contributed by atoms with Crippen LogP contribution in [0.15, 0.2) is 0 Å². The standard InChI is InChI=1S/C7H6Cl3NO2/c1-11-5(7(12)13-2)3(8)4(9)6(11)10/h1-2H3. The molecule has 0 saturated heterocycles. The van der Waals surface area contributed by atoms with Gasteiger partial charge in [0.15, 0.2) is 0 Å². The molecule has 6 heteroatoms. The van der Waals surface area contributed by atoms with Gasteiger partial charge in [-0.05, 0) is 0 Å². The van der Waals surface area contributed by atoms with E-state index in [-0.39, 0.29) is 20.9 Å². The van der Waals surface area contributed by atoms with E-state index in [4.69, 9.17) is 34.8 Å². The van der Waals surface area contributed by atoms with Crippen molar-refractivity contribution in [2.45, 2.75) is 0 Å². The third kappa shape index (κ3) is 1.64. The molecule has 0 aliphatic carbocycles. The molecular formula is C7H6Cl3NO2. The van der Waals surface area contributed by atoms with Crippen LogP contribution in [0.1, 0.15) is 10.5 Å². The summed E-state index contributed by atoms with van der Waals surface area (Å²) >= 11 is 17.2. The van der Waals surface area contributed by atoms with Gasteiger partial charge in [-0.25, -0.2) is 4.79 Å². The van der Waals surface area contributed by atoms with E-state index in [0.29, 0.717) is 0 Å². The quantitative estimate of drug-likeness (QED) is 0.709. The molecule has 1 aromatic heterocycles. The Bertz CT molecular complexity index is 334. The van der Waals surface area contributed by atoms with Crippen LogP contribution in [-0.4, -0.2) is 17.6 Å². The smallest absolute Gasteiger partial charge is 0.356 e. The molecule has 13 heavy (non-hydrogen) atoms. The minimum Gasteiger partial charge on any atom is -0.464 e. The van der Waals surface area contributed by atoms with Crippen molar-refractivity contribution in [2.24, 2.45) is 7.05 Å². The van der Waals surface area contributed by atoms with Crippen LogP contribution in [0.5, 0.6) is 0 Å². The van der Waals surface area contributed by atoms with Crippen LogP contribution < -0.4 is 0 Å². The second-order valence-corrected chi connectivity index (χ2v) is 3.43. The summed E-state index contributed by atoms with van der Waals surface area (Å²) < 4.78 is 5.88. The average molecular weight is 242 g/mol. The third-order valence-electron chi connectivity index (χ3n) is 1.59. The van der Waals surface area contributed by atoms with E-state index in [0.717, 1.165) is 0 Å². The van der Waals surface area contributed by atoms with Crippen LogP contribution in [0.4, 0.5) is 0 Å². The lowest BCUT2D eigenvalue weighted by Crippen LogP contribution is -2.07. The number of carbonyl (C=O) groups excluding carboxylic acids is 1. The van der Waals surface area contributed by atoms with E-state index in [1.54, 1.807) is 7.05 Å². The zero-order valence-electron chi connectivity index (χ0n) is 6.90. The van der Waals surface area contributed by atoms with Gasteiger partial charge in [0.2, 0.25) is 0 Å². The molecule has 1 aromatic rings. The van der Waals surface area contributed by atoms with Crippen LogP contribution in [0.25, 0.3) is 0 Å². The Morgan fingerprint density at radius 3 is 2.15 bits per heavy atom. The summed E-state index contributed by atoms with van der Waals surface area (Å²) in [5, 5.41) is 0.485. The summed E-state index contributed by atoms with van der Waals surface area (Å²) in [5.41, 5.74) is 0.152. The molecule has 1 heterocycles. The second-order valence-electron chi connectivity index (χ2n) is 2.32. The predicted octanol–water partition coefficient (Wildman–Crippen LogP) is 2.77. The van der Waals surface area contributed by atoms with Gasteiger partial charge in [0, 0.05) is 7.05 Å². The molecule has 0 aliphatic rings. The summed E-state index contributed by atoms with van der Waals surface area (Å²) in [7, 11) is 2.83. The second kappa shape index (κ2) is 3.78. The van der Waals surface area contributed by atoms with E-state index in [1.165, 1.54) is 11.7 Å². The summed E-state index contributed by atoms with van der Waals surface area (Å²) in [4.78, 5) is 11.2. The van der Waals surface area contributed by atoms with Crippen LogP contribution in [0, 0.1) is 0 Å². The molecular weight excluding hydrogens is 236 g/mol. The summed E-state index contributed by atoms with van der Waals surface area (Å²) in [6.07, 6.45) is 0. The maximum Gasteiger partial charge on any atom is 0.356 e. The Morgan fingerprint density at radius 1 is 1.31 bits per heavy atom. The van der Waals surface area contributed by atoms with Gasteiger partial charge in [0.25, 0.3) is 0 Å². The predicted molar refractivity (Wildman–Crippen MR) is 51.8 cm³/mol.